The van der Waals surface area contributed by atoms with Gasteiger partial charge in [0.15, 0.2) is 0 Å². The van der Waals surface area contributed by atoms with E-state index in [1.165, 1.54) is 9.81 Å². The van der Waals surface area contributed by atoms with E-state index in [2.05, 4.69) is 50.0 Å². The second-order valence-corrected chi connectivity index (χ2v) is 4.50. The van der Waals surface area contributed by atoms with Gasteiger partial charge in [-0.2, -0.15) is 0 Å². The van der Waals surface area contributed by atoms with Crippen LogP contribution in [-0.4, -0.2) is 0 Å². The lowest BCUT2D eigenvalue weighted by atomic mass is 10.1. The van der Waals surface area contributed by atoms with Gasteiger partial charge in [-0.1, -0.05) is 48.2 Å². The molecule has 0 aromatic rings. The first-order valence-electron chi connectivity index (χ1n) is 4.76. The first-order chi connectivity index (χ1) is 6.76. The lowest BCUT2D eigenvalue weighted by Gasteiger charge is -2.12. The molecule has 0 radical (unpaired) electrons. The minimum atomic E-state index is 0.529. The molecule has 0 fully saturated rings. The molecule has 2 aliphatic rings. The number of rotatable bonds is 0. The predicted molar refractivity (Wildman–Crippen MR) is 67.1 cm³/mol. The van der Waals surface area contributed by atoms with Crippen molar-refractivity contribution < 1.29 is 0 Å². The Balaban J connectivity index is 0.000000293. The maximum absolute atomic E-state index is 3.36. The number of allylic oxidation sites excluding steroid dienone is 8. The molecule has 1 aliphatic carbocycles. The second kappa shape index (κ2) is 5.71. The monoisotopic (exact) mass is 204 g/mol. The van der Waals surface area contributed by atoms with Gasteiger partial charge in [-0.25, -0.2) is 0 Å². The Kier molecular flexibility index (Phi) is 4.54. The summed E-state index contributed by atoms with van der Waals surface area (Å²) in [6.07, 6.45) is 14.9. The van der Waals surface area contributed by atoms with Crippen molar-refractivity contribution in [2.24, 2.45) is 5.92 Å². The molecule has 1 heteroatoms. The van der Waals surface area contributed by atoms with E-state index < -0.39 is 0 Å². The highest BCUT2D eigenvalue weighted by Crippen LogP contribution is 2.34. The predicted octanol–water partition coefficient (Wildman–Crippen LogP) is 4.46. The zero-order valence-corrected chi connectivity index (χ0v) is 9.55. The quantitative estimate of drug-likeness (QED) is 0.525. The molecule has 0 amide bonds. The minimum absolute atomic E-state index is 0.529. The van der Waals surface area contributed by atoms with Crippen LogP contribution in [0.25, 0.3) is 0 Å². The first kappa shape index (κ1) is 11.1. The van der Waals surface area contributed by atoms with E-state index in [4.69, 9.17) is 0 Å². The third-order valence-corrected chi connectivity index (χ3v) is 2.73. The van der Waals surface area contributed by atoms with Crippen molar-refractivity contribution in [2.45, 2.75) is 13.8 Å². The average Bonchev–Trinajstić information content (AvgIpc) is 2.28. The van der Waals surface area contributed by atoms with Crippen molar-refractivity contribution in [1.29, 1.82) is 0 Å². The van der Waals surface area contributed by atoms with Crippen molar-refractivity contribution in [3.63, 3.8) is 0 Å². The molecule has 1 aliphatic heterocycles. The molecule has 1 unspecified atom stereocenters. The zero-order valence-electron chi connectivity index (χ0n) is 8.73. The molecule has 0 nitrogen and oxygen atoms in total. The van der Waals surface area contributed by atoms with E-state index >= 15 is 0 Å². The molecule has 1 atom stereocenters. The Morgan fingerprint density at radius 1 is 1.36 bits per heavy atom. The van der Waals surface area contributed by atoms with Crippen LogP contribution in [-0.2, 0) is 0 Å². The van der Waals surface area contributed by atoms with Gasteiger partial charge in [0, 0.05) is 10.8 Å². The molecule has 0 aromatic heterocycles. The first-order valence-corrected chi connectivity index (χ1v) is 5.58. The van der Waals surface area contributed by atoms with Gasteiger partial charge < -0.3 is 0 Å². The molecule has 0 aromatic carbocycles. The fraction of sp³-hybridized carbons (Fsp3) is 0.231. The van der Waals surface area contributed by atoms with E-state index in [0.717, 1.165) is 0 Å². The van der Waals surface area contributed by atoms with Crippen LogP contribution in [0.1, 0.15) is 13.8 Å². The summed E-state index contributed by atoms with van der Waals surface area (Å²) in [6.45, 7) is 7.41. The van der Waals surface area contributed by atoms with Crippen molar-refractivity contribution in [2.75, 3.05) is 0 Å². The van der Waals surface area contributed by atoms with Gasteiger partial charge in [0.05, 0.1) is 0 Å². The smallest absolute Gasteiger partial charge is 0.0155 e. The highest BCUT2D eigenvalue weighted by atomic mass is 32.2. The molecular formula is C13H16S. The molecule has 0 saturated heterocycles. The Morgan fingerprint density at radius 2 is 2.07 bits per heavy atom. The molecule has 2 rings (SSSR count). The van der Waals surface area contributed by atoms with Crippen LogP contribution >= 0.6 is 11.8 Å². The summed E-state index contributed by atoms with van der Waals surface area (Å²) in [6, 6.07) is 0. The standard InChI is InChI=1S/C10H10S.C3H6/c1-8-6-9-4-2-3-5-10(7-9)11-8;1-3-2/h2-7,9H,1H3;3H,1H2,2H3. The highest BCUT2D eigenvalue weighted by Gasteiger charge is 2.09. The molecule has 0 N–H and O–H groups in total. The number of hydrogen-bond acceptors (Lipinski definition) is 1. The maximum atomic E-state index is 3.36. The zero-order chi connectivity index (χ0) is 10.4. The highest BCUT2D eigenvalue weighted by molar-refractivity contribution is 8.06. The third-order valence-electron chi connectivity index (χ3n) is 1.77. The van der Waals surface area contributed by atoms with Crippen LogP contribution in [0.2, 0.25) is 0 Å². The molecule has 0 saturated carbocycles. The van der Waals surface area contributed by atoms with Crippen molar-refractivity contribution in [3.05, 3.63) is 58.9 Å². The summed E-state index contributed by atoms with van der Waals surface area (Å²) < 4.78 is 0. The Hall–Kier alpha value is -0.950. The topological polar surface area (TPSA) is 0 Å². The lowest BCUT2D eigenvalue weighted by Crippen LogP contribution is -1.92. The summed E-state index contributed by atoms with van der Waals surface area (Å²) in [5.41, 5.74) is 0. The average molecular weight is 204 g/mol. The maximum Gasteiger partial charge on any atom is 0.0155 e. The summed E-state index contributed by atoms with van der Waals surface area (Å²) in [7, 11) is 0. The van der Waals surface area contributed by atoms with E-state index in [0.29, 0.717) is 5.92 Å². The summed E-state index contributed by atoms with van der Waals surface area (Å²) in [4.78, 5) is 2.78. The largest absolute Gasteiger partial charge is 0.103 e. The van der Waals surface area contributed by atoms with E-state index in [9.17, 15) is 0 Å². The Morgan fingerprint density at radius 3 is 2.79 bits per heavy atom. The van der Waals surface area contributed by atoms with E-state index in [1.54, 1.807) is 6.08 Å². The van der Waals surface area contributed by atoms with Gasteiger partial charge in [0.2, 0.25) is 0 Å². The van der Waals surface area contributed by atoms with Crippen LogP contribution in [0.15, 0.2) is 58.9 Å². The molecule has 74 valence electrons. The van der Waals surface area contributed by atoms with Gasteiger partial charge in [0.25, 0.3) is 0 Å². The van der Waals surface area contributed by atoms with Crippen LogP contribution < -0.4 is 0 Å². The number of fused-ring (bicyclic) bond motifs is 1. The van der Waals surface area contributed by atoms with E-state index in [-0.39, 0.29) is 0 Å². The van der Waals surface area contributed by atoms with Crippen LogP contribution in [0.3, 0.4) is 0 Å². The van der Waals surface area contributed by atoms with E-state index in [1.807, 2.05) is 18.7 Å². The fourth-order valence-corrected chi connectivity index (χ4v) is 2.28. The molecule has 14 heavy (non-hydrogen) atoms. The van der Waals surface area contributed by atoms with Gasteiger partial charge in [-0.15, -0.1) is 6.58 Å². The van der Waals surface area contributed by atoms with Gasteiger partial charge in [-0.05, 0) is 24.8 Å². The number of thioether (sulfide) groups is 1. The summed E-state index contributed by atoms with van der Waals surface area (Å²) >= 11 is 1.85. The second-order valence-electron chi connectivity index (χ2n) is 3.18. The molecule has 0 spiro atoms. The fourth-order valence-electron chi connectivity index (χ4n) is 1.31. The SMILES string of the molecule is C=CC.CC1=CC2C=CC=CC(=C2)S1. The van der Waals surface area contributed by atoms with Crippen LogP contribution in [0, 0.1) is 5.92 Å². The van der Waals surface area contributed by atoms with Crippen molar-refractivity contribution in [1.82, 2.24) is 0 Å². The molecule has 2 bridgehead atoms. The van der Waals surface area contributed by atoms with Gasteiger partial charge in [-0.3, -0.25) is 0 Å². The Bertz CT molecular complexity index is 316. The van der Waals surface area contributed by atoms with Gasteiger partial charge >= 0.3 is 0 Å². The molecular weight excluding hydrogens is 188 g/mol. The van der Waals surface area contributed by atoms with Crippen LogP contribution in [0.5, 0.6) is 0 Å². The van der Waals surface area contributed by atoms with Crippen LogP contribution in [0.4, 0.5) is 0 Å². The minimum Gasteiger partial charge on any atom is -0.103 e. The Labute approximate surface area is 90.8 Å². The summed E-state index contributed by atoms with van der Waals surface area (Å²) in [5.74, 6) is 0.529. The number of hydrogen-bond donors (Lipinski definition) is 0. The lowest BCUT2D eigenvalue weighted by molar-refractivity contribution is 1.06. The van der Waals surface area contributed by atoms with Gasteiger partial charge in [0.1, 0.15) is 0 Å². The third kappa shape index (κ3) is 3.43. The van der Waals surface area contributed by atoms with Crippen molar-refractivity contribution in [3.8, 4) is 0 Å². The normalized spacial score (nSPS) is 22.6. The molecule has 1 heterocycles. The summed E-state index contributed by atoms with van der Waals surface area (Å²) in [5, 5.41) is 0. The van der Waals surface area contributed by atoms with Crippen molar-refractivity contribution >= 4 is 11.8 Å².